The summed E-state index contributed by atoms with van der Waals surface area (Å²) in [5.74, 6) is -3.87. The van der Waals surface area contributed by atoms with Gasteiger partial charge in [0.05, 0.1) is 30.4 Å². The summed E-state index contributed by atoms with van der Waals surface area (Å²) in [7, 11) is 0. The van der Waals surface area contributed by atoms with Crippen LogP contribution in [0.5, 0.6) is 0 Å². The number of nitrogens with zero attached hydrogens (tertiary/aromatic N) is 1. The molecule has 136 valence electrons. The van der Waals surface area contributed by atoms with E-state index in [1.807, 2.05) is 0 Å². The summed E-state index contributed by atoms with van der Waals surface area (Å²) in [5.41, 5.74) is -1.09. The van der Waals surface area contributed by atoms with Crippen molar-refractivity contribution in [2.75, 3.05) is 0 Å². The van der Waals surface area contributed by atoms with Crippen molar-refractivity contribution in [1.29, 1.82) is 0 Å². The highest BCUT2D eigenvalue weighted by molar-refractivity contribution is 5.95. The Bertz CT molecular complexity index is 844. The van der Waals surface area contributed by atoms with Crippen LogP contribution in [0.25, 0.3) is 0 Å². The number of ketones is 1. The Morgan fingerprint density at radius 2 is 2.04 bits per heavy atom. The Balaban J connectivity index is 1.69. The minimum Gasteiger partial charge on any atom is -0.550 e. The highest BCUT2D eigenvalue weighted by Gasteiger charge is 2.73. The maximum atomic E-state index is 13.4. The van der Waals surface area contributed by atoms with Gasteiger partial charge >= 0.3 is 0 Å². The van der Waals surface area contributed by atoms with Gasteiger partial charge in [0.15, 0.2) is 0 Å². The minimum absolute atomic E-state index is 0.0211. The van der Waals surface area contributed by atoms with E-state index < -0.39 is 53.4 Å². The molecule has 0 unspecified atom stereocenters. The zero-order valence-corrected chi connectivity index (χ0v) is 14.3. The third kappa shape index (κ3) is 1.60. The molecule has 4 aliphatic heterocycles. The predicted octanol–water partition coefficient (Wildman–Crippen LogP) is 0.0761. The van der Waals surface area contributed by atoms with Crippen LogP contribution >= 0.6 is 0 Å². The van der Waals surface area contributed by atoms with Crippen LogP contribution in [0.4, 0.5) is 0 Å². The second-order valence-corrected chi connectivity index (χ2v) is 7.75. The van der Waals surface area contributed by atoms with Gasteiger partial charge in [0.25, 0.3) is 0 Å². The molecule has 5 heterocycles. The van der Waals surface area contributed by atoms with Gasteiger partial charge in [0.2, 0.25) is 5.91 Å². The molecule has 26 heavy (non-hydrogen) atoms. The summed E-state index contributed by atoms with van der Waals surface area (Å²) >= 11 is 0. The molecular weight excluding hydrogens is 338 g/mol. The van der Waals surface area contributed by atoms with E-state index in [9.17, 15) is 19.5 Å². The number of amides is 1. The predicted molar refractivity (Wildman–Crippen MR) is 84.1 cm³/mol. The van der Waals surface area contributed by atoms with Crippen LogP contribution in [0.1, 0.15) is 25.6 Å². The van der Waals surface area contributed by atoms with Gasteiger partial charge in [-0.25, -0.2) is 0 Å². The zero-order chi connectivity index (χ0) is 18.4. The van der Waals surface area contributed by atoms with Crippen molar-refractivity contribution in [2.45, 2.75) is 37.6 Å². The number of piperidine rings is 1. The number of hydrogen-bond acceptors (Lipinski definition) is 6. The summed E-state index contributed by atoms with van der Waals surface area (Å²) in [4.78, 5) is 39.7. The maximum Gasteiger partial charge on any atom is 0.230 e. The van der Waals surface area contributed by atoms with Crippen molar-refractivity contribution < 1.29 is 28.6 Å². The van der Waals surface area contributed by atoms with Crippen LogP contribution < -0.4 is 5.11 Å². The number of carboxylic acid groups (broad SMARTS) is 1. The number of carbonyl (C=O) groups excluding carboxylic acids is 3. The standard InChI is InChI=1S/C19H19NO6/c1-8-14(11-4-3-7-25-11)20-16(9(2)15(8)21)19-6-5-10(26-19)12(18(23)24)13(19)17(20)22/h3-10,12-14,16H,1-2H3,(H,23,24)/p-1/t8-,9-,10-,12+,13-,14+,16+,19+/m1/s1. The van der Waals surface area contributed by atoms with Gasteiger partial charge < -0.3 is 24.0 Å². The average molecular weight is 356 g/mol. The Kier molecular flexibility index (Phi) is 2.95. The van der Waals surface area contributed by atoms with Crippen molar-refractivity contribution in [3.63, 3.8) is 0 Å². The van der Waals surface area contributed by atoms with Gasteiger partial charge in [-0.3, -0.25) is 9.59 Å². The molecule has 7 nitrogen and oxygen atoms in total. The van der Waals surface area contributed by atoms with E-state index in [0.717, 1.165) is 0 Å². The fraction of sp³-hybridized carbons (Fsp3) is 0.526. The third-order valence-electron chi connectivity index (χ3n) is 6.62. The summed E-state index contributed by atoms with van der Waals surface area (Å²) in [5, 5.41) is 11.7. The van der Waals surface area contributed by atoms with E-state index in [0.29, 0.717) is 5.76 Å². The average Bonchev–Trinajstić information content (AvgIpc) is 3.35. The SMILES string of the molecule is C[C@@H]1C(=O)[C@H](C)[C@@H](c2ccco2)N2C(=O)[C@H]3[C@@H](C(=O)[O-])[C@H]4C=C[C@@]3(O4)[C@H]12. The molecule has 2 bridgehead atoms. The maximum absolute atomic E-state index is 13.4. The number of carboxylic acids is 1. The Morgan fingerprint density at radius 3 is 2.69 bits per heavy atom. The van der Waals surface area contributed by atoms with Crippen LogP contribution in [-0.4, -0.2) is 40.3 Å². The summed E-state index contributed by atoms with van der Waals surface area (Å²) < 4.78 is 11.6. The number of rotatable bonds is 2. The number of Topliss-reactive ketones (excluding diaryl/α,β-unsaturated/α-hetero) is 1. The lowest BCUT2D eigenvalue weighted by molar-refractivity contribution is -0.313. The van der Waals surface area contributed by atoms with Crippen molar-refractivity contribution >= 4 is 17.7 Å². The Labute approximate surface area is 149 Å². The van der Waals surface area contributed by atoms with Gasteiger partial charge in [-0.1, -0.05) is 26.0 Å². The van der Waals surface area contributed by atoms with E-state index in [-0.39, 0.29) is 11.7 Å². The van der Waals surface area contributed by atoms with Crippen LogP contribution in [0.3, 0.4) is 0 Å². The highest BCUT2D eigenvalue weighted by atomic mass is 16.5. The third-order valence-corrected chi connectivity index (χ3v) is 6.62. The molecule has 3 fully saturated rings. The number of fused-ring (bicyclic) bond motifs is 2. The van der Waals surface area contributed by atoms with Gasteiger partial charge in [0, 0.05) is 23.7 Å². The molecule has 0 N–H and O–H groups in total. The molecule has 0 radical (unpaired) electrons. The van der Waals surface area contributed by atoms with Gasteiger partial charge in [-0.15, -0.1) is 0 Å². The zero-order valence-electron chi connectivity index (χ0n) is 14.3. The van der Waals surface area contributed by atoms with E-state index in [4.69, 9.17) is 9.15 Å². The molecule has 1 aromatic heterocycles. The summed E-state index contributed by atoms with van der Waals surface area (Å²) in [6.07, 6.45) is 4.29. The lowest BCUT2D eigenvalue weighted by Crippen LogP contribution is -2.58. The fourth-order valence-corrected chi connectivity index (χ4v) is 5.64. The molecule has 8 atom stereocenters. The van der Waals surface area contributed by atoms with Crippen LogP contribution in [0.2, 0.25) is 0 Å². The molecule has 1 amide bonds. The molecule has 5 rings (SSSR count). The largest absolute Gasteiger partial charge is 0.550 e. The number of hydrogen-bond donors (Lipinski definition) is 0. The number of furan rings is 1. The molecule has 0 aliphatic carbocycles. The monoisotopic (exact) mass is 356 g/mol. The van der Waals surface area contributed by atoms with Crippen LogP contribution in [-0.2, 0) is 19.1 Å². The lowest BCUT2D eigenvalue weighted by Gasteiger charge is -2.46. The van der Waals surface area contributed by atoms with Crippen molar-refractivity contribution in [2.24, 2.45) is 23.7 Å². The molecule has 7 heteroatoms. The van der Waals surface area contributed by atoms with Crippen molar-refractivity contribution in [3.05, 3.63) is 36.3 Å². The topological polar surface area (TPSA) is 99.9 Å². The first-order valence-electron chi connectivity index (χ1n) is 8.86. The molecular formula is C19H18NO6-. The number of carbonyl (C=O) groups is 3. The Hall–Kier alpha value is -2.41. The van der Waals surface area contributed by atoms with E-state index in [2.05, 4.69) is 0 Å². The van der Waals surface area contributed by atoms with Gasteiger partial charge in [0.1, 0.15) is 17.1 Å². The van der Waals surface area contributed by atoms with Crippen molar-refractivity contribution in [1.82, 2.24) is 4.90 Å². The summed E-state index contributed by atoms with van der Waals surface area (Å²) in [6.45, 7) is 3.57. The van der Waals surface area contributed by atoms with Crippen molar-refractivity contribution in [3.8, 4) is 0 Å². The molecule has 0 saturated carbocycles. The van der Waals surface area contributed by atoms with Gasteiger partial charge in [-0.2, -0.15) is 0 Å². The quantitative estimate of drug-likeness (QED) is 0.696. The van der Waals surface area contributed by atoms with E-state index in [1.54, 1.807) is 43.0 Å². The molecule has 4 aliphatic rings. The molecule has 0 aromatic carbocycles. The first kappa shape index (κ1) is 15.8. The molecule has 3 saturated heterocycles. The lowest BCUT2D eigenvalue weighted by atomic mass is 9.69. The molecule has 1 spiro atoms. The first-order valence-corrected chi connectivity index (χ1v) is 8.86. The highest BCUT2D eigenvalue weighted by Crippen LogP contribution is 2.60. The summed E-state index contributed by atoms with van der Waals surface area (Å²) in [6, 6.07) is 2.34. The number of aliphatic carboxylic acids is 1. The number of ether oxygens (including phenoxy) is 1. The van der Waals surface area contributed by atoms with Gasteiger partial charge in [-0.05, 0) is 12.1 Å². The minimum atomic E-state index is -1.29. The first-order chi connectivity index (χ1) is 12.4. The van der Waals surface area contributed by atoms with Crippen LogP contribution in [0, 0.1) is 23.7 Å². The second kappa shape index (κ2) is 4.85. The van der Waals surface area contributed by atoms with Crippen LogP contribution in [0.15, 0.2) is 35.0 Å². The normalized spacial score (nSPS) is 45.9. The second-order valence-electron chi connectivity index (χ2n) is 7.75. The smallest absolute Gasteiger partial charge is 0.230 e. The molecule has 1 aromatic rings. The fourth-order valence-electron chi connectivity index (χ4n) is 5.64. The Morgan fingerprint density at radius 1 is 1.27 bits per heavy atom. The van der Waals surface area contributed by atoms with E-state index >= 15 is 0 Å². The van der Waals surface area contributed by atoms with E-state index in [1.165, 1.54) is 6.26 Å².